The molecule has 2 aliphatic heterocycles. The summed E-state index contributed by atoms with van der Waals surface area (Å²) in [4.78, 5) is 13.5. The van der Waals surface area contributed by atoms with Crippen LogP contribution in [0.1, 0.15) is 18.4 Å². The summed E-state index contributed by atoms with van der Waals surface area (Å²) in [6, 6.07) is 10.1. The maximum Gasteiger partial charge on any atom is 0.321 e. The standard InChI is InChI=1S/C15H20N2O2S/c18-14(19)13-10-20-15(16-13)7-4-8-17(11-15)9-12-5-2-1-3-6-12/h1-3,5-6,13,16H,4,7-11H2,(H,18,19)/t13-,15?/m0/s1. The number of nitrogens with one attached hydrogen (secondary N) is 1. The van der Waals surface area contributed by atoms with Crippen molar-refractivity contribution in [2.75, 3.05) is 18.8 Å². The molecule has 3 rings (SSSR count). The molecule has 2 heterocycles. The Morgan fingerprint density at radius 3 is 2.95 bits per heavy atom. The molecule has 2 saturated heterocycles. The summed E-state index contributed by atoms with van der Waals surface area (Å²) in [5.41, 5.74) is 1.32. The molecular weight excluding hydrogens is 272 g/mol. The Balaban J connectivity index is 1.64. The van der Waals surface area contributed by atoms with E-state index >= 15 is 0 Å². The molecule has 2 atom stereocenters. The van der Waals surface area contributed by atoms with E-state index in [-0.39, 0.29) is 4.87 Å². The molecule has 1 aromatic rings. The zero-order valence-electron chi connectivity index (χ0n) is 11.4. The number of hydrogen-bond acceptors (Lipinski definition) is 4. The van der Waals surface area contributed by atoms with E-state index in [1.165, 1.54) is 5.56 Å². The quantitative estimate of drug-likeness (QED) is 0.889. The van der Waals surface area contributed by atoms with Gasteiger partial charge in [0.1, 0.15) is 6.04 Å². The van der Waals surface area contributed by atoms with Gasteiger partial charge in [-0.25, -0.2) is 0 Å². The van der Waals surface area contributed by atoms with Gasteiger partial charge in [-0.15, -0.1) is 11.8 Å². The average molecular weight is 292 g/mol. The molecule has 0 aliphatic carbocycles. The van der Waals surface area contributed by atoms with Gasteiger partial charge < -0.3 is 5.11 Å². The second-order valence-corrected chi connectivity index (χ2v) is 7.04. The van der Waals surface area contributed by atoms with Crippen molar-refractivity contribution in [3.63, 3.8) is 0 Å². The highest BCUT2D eigenvalue weighted by Crippen LogP contribution is 2.38. The molecule has 1 aromatic carbocycles. The third-order valence-corrected chi connectivity index (χ3v) is 5.55. The van der Waals surface area contributed by atoms with E-state index < -0.39 is 12.0 Å². The Labute approximate surface area is 123 Å². The number of hydrogen-bond donors (Lipinski definition) is 2. The number of likely N-dealkylation sites (tertiary alicyclic amines) is 1. The molecule has 2 N–H and O–H groups in total. The fourth-order valence-corrected chi connectivity index (χ4v) is 4.60. The van der Waals surface area contributed by atoms with Crippen molar-refractivity contribution in [1.29, 1.82) is 0 Å². The molecule has 0 bridgehead atoms. The molecule has 20 heavy (non-hydrogen) atoms. The third kappa shape index (κ3) is 3.00. The van der Waals surface area contributed by atoms with E-state index in [9.17, 15) is 4.79 Å². The molecule has 108 valence electrons. The first-order valence-electron chi connectivity index (χ1n) is 7.08. The van der Waals surface area contributed by atoms with Crippen molar-refractivity contribution < 1.29 is 9.90 Å². The number of rotatable bonds is 3. The molecule has 0 aromatic heterocycles. The second-order valence-electron chi connectivity index (χ2n) is 5.64. The number of carboxylic acids is 1. The van der Waals surface area contributed by atoms with E-state index in [0.29, 0.717) is 5.75 Å². The third-order valence-electron chi connectivity index (χ3n) is 4.04. The van der Waals surface area contributed by atoms with Crippen LogP contribution in [-0.2, 0) is 11.3 Å². The van der Waals surface area contributed by atoms with Gasteiger partial charge in [-0.2, -0.15) is 0 Å². The van der Waals surface area contributed by atoms with Crippen molar-refractivity contribution in [2.24, 2.45) is 0 Å². The lowest BCUT2D eigenvalue weighted by Gasteiger charge is -2.40. The molecule has 5 heteroatoms. The van der Waals surface area contributed by atoms with Crippen molar-refractivity contribution in [3.8, 4) is 0 Å². The smallest absolute Gasteiger partial charge is 0.321 e. The molecule has 0 amide bonds. The summed E-state index contributed by atoms with van der Waals surface area (Å²) in [7, 11) is 0. The van der Waals surface area contributed by atoms with E-state index in [2.05, 4.69) is 34.5 Å². The van der Waals surface area contributed by atoms with Gasteiger partial charge in [0, 0.05) is 18.8 Å². The van der Waals surface area contributed by atoms with Gasteiger partial charge in [-0.3, -0.25) is 15.0 Å². The maximum atomic E-state index is 11.1. The predicted molar refractivity (Wildman–Crippen MR) is 80.7 cm³/mol. The van der Waals surface area contributed by atoms with Crippen molar-refractivity contribution in [3.05, 3.63) is 35.9 Å². The number of aliphatic carboxylic acids is 1. The fraction of sp³-hybridized carbons (Fsp3) is 0.533. The summed E-state index contributed by atoms with van der Waals surface area (Å²) in [6.07, 6.45) is 2.19. The van der Waals surface area contributed by atoms with Crippen LogP contribution in [0, 0.1) is 0 Å². The topological polar surface area (TPSA) is 52.6 Å². The predicted octanol–water partition coefficient (Wildman–Crippen LogP) is 1.77. The normalized spacial score (nSPS) is 30.7. The van der Waals surface area contributed by atoms with Crippen LogP contribution >= 0.6 is 11.8 Å². The zero-order chi connectivity index (χ0) is 14.0. The minimum absolute atomic E-state index is 0.0594. The summed E-state index contributed by atoms with van der Waals surface area (Å²) in [5.74, 6) is -0.0522. The molecular formula is C15H20N2O2S. The van der Waals surface area contributed by atoms with Gasteiger partial charge in [0.25, 0.3) is 0 Å². The van der Waals surface area contributed by atoms with Crippen LogP contribution in [0.5, 0.6) is 0 Å². The summed E-state index contributed by atoms with van der Waals surface area (Å²) in [5, 5.41) is 12.5. The van der Waals surface area contributed by atoms with E-state index in [0.717, 1.165) is 32.5 Å². The van der Waals surface area contributed by atoms with Gasteiger partial charge in [-0.05, 0) is 24.9 Å². The SMILES string of the molecule is O=C(O)[C@@H]1CSC2(CCCN(Cc3ccccc3)C2)N1. The summed E-state index contributed by atoms with van der Waals surface area (Å²) < 4.78 is 0. The van der Waals surface area contributed by atoms with Gasteiger partial charge in [-0.1, -0.05) is 30.3 Å². The maximum absolute atomic E-state index is 11.1. The van der Waals surface area contributed by atoms with Crippen LogP contribution in [0.4, 0.5) is 0 Å². The number of thioether (sulfide) groups is 1. The molecule has 2 fully saturated rings. The van der Waals surface area contributed by atoms with Gasteiger partial charge in [0.15, 0.2) is 0 Å². The van der Waals surface area contributed by atoms with Crippen LogP contribution in [0.2, 0.25) is 0 Å². The highest BCUT2D eigenvalue weighted by Gasteiger charge is 2.44. The molecule has 1 unspecified atom stereocenters. The Kier molecular flexibility index (Phi) is 4.01. The minimum Gasteiger partial charge on any atom is -0.480 e. The van der Waals surface area contributed by atoms with Gasteiger partial charge >= 0.3 is 5.97 Å². The van der Waals surface area contributed by atoms with E-state index in [4.69, 9.17) is 5.11 Å². The Morgan fingerprint density at radius 2 is 2.25 bits per heavy atom. The van der Waals surface area contributed by atoms with Crippen molar-refractivity contribution >= 4 is 17.7 Å². The molecule has 1 spiro atoms. The highest BCUT2D eigenvalue weighted by atomic mass is 32.2. The summed E-state index contributed by atoms with van der Waals surface area (Å²) >= 11 is 1.78. The van der Waals surface area contributed by atoms with E-state index in [1.807, 2.05) is 6.07 Å². The van der Waals surface area contributed by atoms with Crippen LogP contribution in [0.3, 0.4) is 0 Å². The Morgan fingerprint density at radius 1 is 1.45 bits per heavy atom. The van der Waals surface area contributed by atoms with Crippen molar-refractivity contribution in [1.82, 2.24) is 10.2 Å². The second kappa shape index (κ2) is 5.76. The zero-order valence-corrected chi connectivity index (χ0v) is 12.2. The van der Waals surface area contributed by atoms with Crippen LogP contribution in [0.15, 0.2) is 30.3 Å². The molecule has 2 aliphatic rings. The lowest BCUT2D eigenvalue weighted by molar-refractivity contribution is -0.139. The monoisotopic (exact) mass is 292 g/mol. The Bertz CT molecular complexity index is 482. The first-order valence-corrected chi connectivity index (χ1v) is 8.06. The van der Waals surface area contributed by atoms with Crippen LogP contribution in [-0.4, -0.2) is 45.7 Å². The van der Waals surface area contributed by atoms with Gasteiger partial charge in [0.2, 0.25) is 0 Å². The first kappa shape index (κ1) is 13.9. The van der Waals surface area contributed by atoms with Crippen molar-refractivity contribution in [2.45, 2.75) is 30.3 Å². The number of carbonyl (C=O) groups is 1. The minimum atomic E-state index is -0.727. The first-order chi connectivity index (χ1) is 9.67. The average Bonchev–Trinajstić information content (AvgIpc) is 2.84. The van der Waals surface area contributed by atoms with E-state index in [1.54, 1.807) is 11.8 Å². The number of piperidine rings is 1. The number of benzene rings is 1. The number of nitrogens with zero attached hydrogens (tertiary/aromatic N) is 1. The highest BCUT2D eigenvalue weighted by molar-refractivity contribution is 8.01. The molecule has 0 radical (unpaired) electrons. The van der Waals surface area contributed by atoms with Crippen LogP contribution < -0.4 is 5.32 Å². The molecule has 0 saturated carbocycles. The lowest BCUT2D eigenvalue weighted by atomic mass is 10.0. The Hall–Kier alpha value is -1.04. The van der Waals surface area contributed by atoms with Gasteiger partial charge in [0.05, 0.1) is 4.87 Å². The fourth-order valence-electron chi connectivity index (χ4n) is 3.10. The largest absolute Gasteiger partial charge is 0.480 e. The van der Waals surface area contributed by atoms with Crippen LogP contribution in [0.25, 0.3) is 0 Å². The molecule has 4 nitrogen and oxygen atoms in total. The lowest BCUT2D eigenvalue weighted by Crippen LogP contribution is -2.54. The summed E-state index contributed by atoms with van der Waals surface area (Å²) in [6.45, 7) is 2.97. The number of carboxylic acid groups (broad SMARTS) is 1.